The van der Waals surface area contributed by atoms with Crippen LogP contribution in [0.2, 0.25) is 0 Å². The normalized spacial score (nSPS) is 18.3. The number of rotatable bonds is 3. The molecule has 0 radical (unpaired) electrons. The Morgan fingerprint density at radius 1 is 1.29 bits per heavy atom. The third kappa shape index (κ3) is 1.69. The van der Waals surface area contributed by atoms with Crippen molar-refractivity contribution in [1.82, 2.24) is 0 Å². The Hall–Kier alpha value is -1.57. The smallest absolute Gasteiger partial charge is 0.328 e. The number of benzene rings is 1. The lowest BCUT2D eigenvalue weighted by atomic mass is 9.96. The molecule has 0 amide bonds. The number of hydrogen-bond donors (Lipinski definition) is 1. The van der Waals surface area contributed by atoms with E-state index in [1.807, 2.05) is 24.3 Å². The molecule has 14 heavy (non-hydrogen) atoms. The van der Waals surface area contributed by atoms with Crippen LogP contribution in [-0.2, 0) is 10.2 Å². The van der Waals surface area contributed by atoms with Gasteiger partial charge in [-0.05, 0) is 18.4 Å². The van der Waals surface area contributed by atoms with Gasteiger partial charge in [-0.25, -0.2) is 4.79 Å². The molecule has 0 spiro atoms. The van der Waals surface area contributed by atoms with E-state index in [1.165, 1.54) is 11.6 Å². The van der Waals surface area contributed by atoms with Gasteiger partial charge in [-0.3, -0.25) is 0 Å². The van der Waals surface area contributed by atoms with Gasteiger partial charge in [0.2, 0.25) is 0 Å². The molecule has 72 valence electrons. The number of carboxylic acids is 1. The first kappa shape index (κ1) is 9.00. The van der Waals surface area contributed by atoms with Crippen molar-refractivity contribution in [3.63, 3.8) is 0 Å². The minimum Gasteiger partial charge on any atom is -0.478 e. The Labute approximate surface area is 82.9 Å². The van der Waals surface area contributed by atoms with Crippen molar-refractivity contribution in [3.05, 3.63) is 48.0 Å². The molecule has 2 heteroatoms. The molecule has 0 unspecified atom stereocenters. The van der Waals surface area contributed by atoms with Crippen LogP contribution in [0.4, 0.5) is 0 Å². The molecule has 0 saturated heterocycles. The minimum atomic E-state index is -0.868. The maximum Gasteiger partial charge on any atom is 0.328 e. The van der Waals surface area contributed by atoms with Crippen LogP contribution >= 0.6 is 0 Å². The van der Waals surface area contributed by atoms with E-state index in [0.29, 0.717) is 0 Å². The maximum absolute atomic E-state index is 10.4. The number of carboxylic acid groups (broad SMARTS) is 1. The Bertz CT molecular complexity index is 361. The number of carbonyl (C=O) groups is 1. The quantitative estimate of drug-likeness (QED) is 0.739. The predicted molar refractivity (Wildman–Crippen MR) is 54.1 cm³/mol. The lowest BCUT2D eigenvalue weighted by molar-refractivity contribution is -0.131. The molecule has 0 atom stereocenters. The highest BCUT2D eigenvalue weighted by atomic mass is 16.4. The van der Waals surface area contributed by atoms with Gasteiger partial charge in [0.1, 0.15) is 0 Å². The summed E-state index contributed by atoms with van der Waals surface area (Å²) < 4.78 is 0. The minimum absolute atomic E-state index is 0.0135. The number of hydrogen-bond acceptors (Lipinski definition) is 1. The van der Waals surface area contributed by atoms with E-state index in [9.17, 15) is 4.79 Å². The fourth-order valence-electron chi connectivity index (χ4n) is 1.69. The summed E-state index contributed by atoms with van der Waals surface area (Å²) in [5.41, 5.74) is 1.23. The molecule has 1 saturated carbocycles. The van der Waals surface area contributed by atoms with Crippen LogP contribution in [0.25, 0.3) is 0 Å². The number of allylic oxidation sites excluding steroid dienone is 1. The van der Waals surface area contributed by atoms with E-state index >= 15 is 0 Å². The second-order valence-electron chi connectivity index (χ2n) is 3.69. The maximum atomic E-state index is 10.4. The first-order valence-corrected chi connectivity index (χ1v) is 4.71. The third-order valence-corrected chi connectivity index (χ3v) is 2.68. The zero-order chi connectivity index (χ0) is 10.0. The van der Waals surface area contributed by atoms with Gasteiger partial charge in [0.15, 0.2) is 0 Å². The first-order chi connectivity index (χ1) is 6.73. The molecule has 1 aromatic rings. The summed E-state index contributed by atoms with van der Waals surface area (Å²) in [6, 6.07) is 10.1. The van der Waals surface area contributed by atoms with Gasteiger partial charge in [0.25, 0.3) is 0 Å². The van der Waals surface area contributed by atoms with Crippen LogP contribution in [-0.4, -0.2) is 11.1 Å². The topological polar surface area (TPSA) is 37.3 Å². The Kier molecular flexibility index (Phi) is 2.12. The van der Waals surface area contributed by atoms with Crippen LogP contribution in [0.15, 0.2) is 42.5 Å². The van der Waals surface area contributed by atoms with Crippen molar-refractivity contribution in [2.45, 2.75) is 18.3 Å². The molecular formula is C12H12O2. The third-order valence-electron chi connectivity index (χ3n) is 2.68. The van der Waals surface area contributed by atoms with Crippen LogP contribution in [0, 0.1) is 0 Å². The molecule has 2 rings (SSSR count). The van der Waals surface area contributed by atoms with Gasteiger partial charge in [-0.1, -0.05) is 36.4 Å². The fourth-order valence-corrected chi connectivity index (χ4v) is 1.69. The predicted octanol–water partition coefficient (Wildman–Crippen LogP) is 2.36. The van der Waals surface area contributed by atoms with Gasteiger partial charge in [-0.15, -0.1) is 0 Å². The Morgan fingerprint density at radius 3 is 2.43 bits per heavy atom. The molecule has 0 bridgehead atoms. The van der Waals surface area contributed by atoms with Crippen molar-refractivity contribution in [3.8, 4) is 0 Å². The molecule has 1 N–H and O–H groups in total. The molecule has 1 fully saturated rings. The molecule has 0 aromatic heterocycles. The van der Waals surface area contributed by atoms with Gasteiger partial charge < -0.3 is 5.11 Å². The zero-order valence-electron chi connectivity index (χ0n) is 7.81. The Morgan fingerprint density at radius 2 is 1.93 bits per heavy atom. The summed E-state index contributed by atoms with van der Waals surface area (Å²) >= 11 is 0. The van der Waals surface area contributed by atoms with E-state index < -0.39 is 5.97 Å². The largest absolute Gasteiger partial charge is 0.478 e. The van der Waals surface area contributed by atoms with Crippen molar-refractivity contribution >= 4 is 5.97 Å². The lowest BCUT2D eigenvalue weighted by Crippen LogP contribution is -2.02. The van der Waals surface area contributed by atoms with E-state index in [4.69, 9.17) is 5.11 Å². The first-order valence-electron chi connectivity index (χ1n) is 4.71. The van der Waals surface area contributed by atoms with Crippen LogP contribution in [0.3, 0.4) is 0 Å². The van der Waals surface area contributed by atoms with Crippen LogP contribution < -0.4 is 0 Å². The number of aliphatic carboxylic acids is 1. The summed E-state index contributed by atoms with van der Waals surface area (Å²) in [6.07, 6.45) is 5.17. The standard InChI is InChI=1S/C12H12O2/c13-11(14)6-7-12(8-9-12)10-4-2-1-3-5-10/h1-7H,8-9H2,(H,13,14)/b7-6+. The molecular weight excluding hydrogens is 176 g/mol. The molecule has 1 aliphatic rings. The van der Waals surface area contributed by atoms with Gasteiger partial charge in [-0.2, -0.15) is 0 Å². The van der Waals surface area contributed by atoms with Crippen molar-refractivity contribution in [1.29, 1.82) is 0 Å². The fraction of sp³-hybridized carbons (Fsp3) is 0.250. The monoisotopic (exact) mass is 188 g/mol. The molecule has 2 nitrogen and oxygen atoms in total. The molecule has 1 aliphatic carbocycles. The van der Waals surface area contributed by atoms with E-state index in [1.54, 1.807) is 0 Å². The summed E-state index contributed by atoms with van der Waals surface area (Å²) in [7, 11) is 0. The average Bonchev–Trinajstić information content (AvgIpc) is 2.97. The summed E-state index contributed by atoms with van der Waals surface area (Å²) in [4.78, 5) is 10.4. The van der Waals surface area contributed by atoms with Crippen LogP contribution in [0.5, 0.6) is 0 Å². The van der Waals surface area contributed by atoms with Crippen molar-refractivity contribution < 1.29 is 9.90 Å². The van der Waals surface area contributed by atoms with Gasteiger partial charge >= 0.3 is 5.97 Å². The van der Waals surface area contributed by atoms with Crippen LogP contribution in [0.1, 0.15) is 18.4 Å². The van der Waals surface area contributed by atoms with Crippen molar-refractivity contribution in [2.24, 2.45) is 0 Å². The molecule has 0 heterocycles. The molecule has 0 aliphatic heterocycles. The SMILES string of the molecule is O=C(O)/C=C/C1(c2ccccc2)CC1. The van der Waals surface area contributed by atoms with E-state index in [2.05, 4.69) is 12.1 Å². The second kappa shape index (κ2) is 3.29. The van der Waals surface area contributed by atoms with E-state index in [-0.39, 0.29) is 5.41 Å². The summed E-state index contributed by atoms with van der Waals surface area (Å²) in [6.45, 7) is 0. The highest BCUT2D eigenvalue weighted by Gasteiger charge is 2.41. The molecule has 1 aromatic carbocycles. The lowest BCUT2D eigenvalue weighted by Gasteiger charge is -2.08. The zero-order valence-corrected chi connectivity index (χ0v) is 7.81. The summed E-state index contributed by atoms with van der Waals surface area (Å²) in [5, 5.41) is 8.56. The Balaban J connectivity index is 2.22. The van der Waals surface area contributed by atoms with Crippen molar-refractivity contribution in [2.75, 3.05) is 0 Å². The van der Waals surface area contributed by atoms with Gasteiger partial charge in [0.05, 0.1) is 0 Å². The van der Waals surface area contributed by atoms with Gasteiger partial charge in [0, 0.05) is 11.5 Å². The second-order valence-corrected chi connectivity index (χ2v) is 3.69. The highest BCUT2D eigenvalue weighted by Crippen LogP contribution is 2.49. The summed E-state index contributed by atoms with van der Waals surface area (Å²) in [5.74, 6) is -0.868. The highest BCUT2D eigenvalue weighted by molar-refractivity contribution is 5.80. The van der Waals surface area contributed by atoms with E-state index in [0.717, 1.165) is 12.8 Å². The average molecular weight is 188 g/mol.